The fourth-order valence-electron chi connectivity index (χ4n) is 2.09. The van der Waals surface area contributed by atoms with Crippen LogP contribution in [-0.2, 0) is 0 Å². The molecule has 0 spiro atoms. The normalized spacial score (nSPS) is 11.0. The molecule has 4 nitrogen and oxygen atoms in total. The van der Waals surface area contributed by atoms with Crippen molar-refractivity contribution in [2.75, 3.05) is 17.3 Å². The number of para-hydroxylation sites is 2. The molecule has 4 aromatic rings. The van der Waals surface area contributed by atoms with Crippen molar-refractivity contribution in [3.63, 3.8) is 0 Å². The van der Waals surface area contributed by atoms with Gasteiger partial charge in [-0.05, 0) is 24.3 Å². The summed E-state index contributed by atoms with van der Waals surface area (Å²) in [5.41, 5.74) is 2.06. The highest BCUT2D eigenvalue weighted by molar-refractivity contribution is 7.22. The van der Waals surface area contributed by atoms with Gasteiger partial charge in [0.2, 0.25) is 0 Å². The highest BCUT2D eigenvalue weighted by atomic mass is 32.1. The molecule has 0 unspecified atom stereocenters. The summed E-state index contributed by atoms with van der Waals surface area (Å²) in [5.74, 6) is 0. The van der Waals surface area contributed by atoms with Crippen molar-refractivity contribution in [2.45, 2.75) is 0 Å². The lowest BCUT2D eigenvalue weighted by Crippen LogP contribution is -2.11. The Morgan fingerprint density at radius 3 is 1.67 bits per heavy atom. The standard InChI is InChI=1S/C15H12N4S2/c1-3-7-12-10(5-1)18-14(20-12)16-9-17-15-19-11-6-2-4-8-13(11)21-15/h1-8H,9H2,(H,16,18)(H,17,19). The summed E-state index contributed by atoms with van der Waals surface area (Å²) in [5, 5.41) is 8.42. The van der Waals surface area contributed by atoms with Crippen molar-refractivity contribution in [3.05, 3.63) is 48.5 Å². The summed E-state index contributed by atoms with van der Waals surface area (Å²) >= 11 is 3.32. The van der Waals surface area contributed by atoms with Crippen LogP contribution in [0.3, 0.4) is 0 Å². The third-order valence-corrected chi connectivity index (χ3v) is 5.06. The van der Waals surface area contributed by atoms with Gasteiger partial charge in [-0.25, -0.2) is 9.97 Å². The molecule has 0 amide bonds. The second-order valence-corrected chi connectivity index (χ2v) is 6.57. The molecule has 0 bridgehead atoms. The predicted octanol–water partition coefficient (Wildman–Crippen LogP) is 4.39. The number of hydrogen-bond acceptors (Lipinski definition) is 6. The van der Waals surface area contributed by atoms with Gasteiger partial charge in [-0.1, -0.05) is 46.9 Å². The molecule has 0 radical (unpaired) electrons. The Bertz CT molecular complexity index is 757. The number of hydrogen-bond donors (Lipinski definition) is 2. The molecule has 104 valence electrons. The Kier molecular flexibility index (Phi) is 3.17. The SMILES string of the molecule is c1ccc2sc(NCNc3nc4ccccc4s3)nc2c1. The fraction of sp³-hybridized carbons (Fsp3) is 0.0667. The van der Waals surface area contributed by atoms with Crippen LogP contribution >= 0.6 is 22.7 Å². The van der Waals surface area contributed by atoms with E-state index >= 15 is 0 Å². The quantitative estimate of drug-likeness (QED) is 0.549. The first kappa shape index (κ1) is 12.6. The number of nitrogens with one attached hydrogen (secondary N) is 2. The fourth-order valence-corrected chi connectivity index (χ4v) is 3.81. The van der Waals surface area contributed by atoms with Gasteiger partial charge < -0.3 is 10.6 Å². The predicted molar refractivity (Wildman–Crippen MR) is 91.4 cm³/mol. The Balaban J connectivity index is 1.44. The van der Waals surface area contributed by atoms with Crippen molar-refractivity contribution in [3.8, 4) is 0 Å². The Labute approximate surface area is 129 Å². The van der Waals surface area contributed by atoms with E-state index < -0.39 is 0 Å². The number of fused-ring (bicyclic) bond motifs is 2. The van der Waals surface area contributed by atoms with Crippen LogP contribution in [0.2, 0.25) is 0 Å². The van der Waals surface area contributed by atoms with Crippen molar-refractivity contribution in [1.82, 2.24) is 9.97 Å². The molecule has 2 heterocycles. The first-order chi connectivity index (χ1) is 10.4. The van der Waals surface area contributed by atoms with E-state index in [4.69, 9.17) is 0 Å². The molecule has 6 heteroatoms. The molecule has 2 N–H and O–H groups in total. The summed E-state index contributed by atoms with van der Waals surface area (Å²) < 4.78 is 2.39. The Hall–Kier alpha value is -2.18. The van der Waals surface area contributed by atoms with Gasteiger partial charge in [0.05, 0.1) is 27.1 Å². The third-order valence-electron chi connectivity index (χ3n) is 3.07. The maximum Gasteiger partial charge on any atom is 0.185 e. The number of rotatable bonds is 4. The van der Waals surface area contributed by atoms with Crippen LogP contribution in [0.1, 0.15) is 0 Å². The molecule has 2 aromatic heterocycles. The van der Waals surface area contributed by atoms with E-state index in [0.29, 0.717) is 6.67 Å². The van der Waals surface area contributed by atoms with Gasteiger partial charge in [0.15, 0.2) is 10.3 Å². The van der Waals surface area contributed by atoms with Crippen molar-refractivity contribution in [2.24, 2.45) is 0 Å². The molecule has 0 atom stereocenters. The molecule has 0 aliphatic rings. The first-order valence-corrected chi connectivity index (χ1v) is 8.21. The summed E-state index contributed by atoms with van der Waals surface area (Å²) in [6.45, 7) is 0.611. The zero-order chi connectivity index (χ0) is 14.1. The minimum Gasteiger partial charge on any atom is -0.344 e. The molecule has 2 aromatic carbocycles. The first-order valence-electron chi connectivity index (χ1n) is 6.57. The highest BCUT2D eigenvalue weighted by Gasteiger charge is 2.04. The zero-order valence-corrected chi connectivity index (χ0v) is 12.7. The van der Waals surface area contributed by atoms with E-state index in [-0.39, 0.29) is 0 Å². The third kappa shape index (κ3) is 2.55. The van der Waals surface area contributed by atoms with Crippen LogP contribution in [0.25, 0.3) is 20.4 Å². The summed E-state index contributed by atoms with van der Waals surface area (Å²) in [6, 6.07) is 16.3. The zero-order valence-electron chi connectivity index (χ0n) is 11.0. The van der Waals surface area contributed by atoms with Gasteiger partial charge in [0, 0.05) is 0 Å². The van der Waals surface area contributed by atoms with E-state index in [1.165, 1.54) is 9.40 Å². The number of benzene rings is 2. The molecule has 21 heavy (non-hydrogen) atoms. The van der Waals surface area contributed by atoms with Crippen LogP contribution in [0.5, 0.6) is 0 Å². The van der Waals surface area contributed by atoms with Gasteiger partial charge in [-0.15, -0.1) is 0 Å². The minimum atomic E-state index is 0.611. The van der Waals surface area contributed by atoms with Gasteiger partial charge in [-0.2, -0.15) is 0 Å². The number of aromatic nitrogens is 2. The lowest BCUT2D eigenvalue weighted by atomic mass is 10.3. The van der Waals surface area contributed by atoms with Crippen LogP contribution in [-0.4, -0.2) is 16.6 Å². The summed E-state index contributed by atoms with van der Waals surface area (Å²) in [7, 11) is 0. The van der Waals surface area contributed by atoms with Crippen LogP contribution in [0.15, 0.2) is 48.5 Å². The maximum absolute atomic E-state index is 4.54. The van der Waals surface area contributed by atoms with Crippen molar-refractivity contribution in [1.29, 1.82) is 0 Å². The minimum absolute atomic E-state index is 0.611. The highest BCUT2D eigenvalue weighted by Crippen LogP contribution is 2.27. The number of nitrogens with zero attached hydrogens (tertiary/aromatic N) is 2. The van der Waals surface area contributed by atoms with Gasteiger partial charge >= 0.3 is 0 Å². The summed E-state index contributed by atoms with van der Waals surface area (Å²) in [4.78, 5) is 9.07. The van der Waals surface area contributed by atoms with E-state index in [0.717, 1.165) is 21.3 Å². The Morgan fingerprint density at radius 2 is 1.19 bits per heavy atom. The van der Waals surface area contributed by atoms with E-state index in [9.17, 15) is 0 Å². The average Bonchev–Trinajstić information content (AvgIpc) is 3.09. The molecule has 0 fully saturated rings. The van der Waals surface area contributed by atoms with Crippen LogP contribution < -0.4 is 10.6 Å². The largest absolute Gasteiger partial charge is 0.344 e. The molecule has 4 rings (SSSR count). The topological polar surface area (TPSA) is 49.8 Å². The van der Waals surface area contributed by atoms with Gasteiger partial charge in [0.1, 0.15) is 0 Å². The second-order valence-electron chi connectivity index (χ2n) is 4.50. The summed E-state index contributed by atoms with van der Waals surface area (Å²) in [6.07, 6.45) is 0. The van der Waals surface area contributed by atoms with E-state index in [2.05, 4.69) is 32.7 Å². The van der Waals surface area contributed by atoms with Gasteiger partial charge in [-0.3, -0.25) is 0 Å². The van der Waals surface area contributed by atoms with Gasteiger partial charge in [0.25, 0.3) is 0 Å². The molecule has 0 saturated heterocycles. The smallest absolute Gasteiger partial charge is 0.185 e. The van der Waals surface area contributed by atoms with Crippen LogP contribution in [0, 0.1) is 0 Å². The maximum atomic E-state index is 4.54. The Morgan fingerprint density at radius 1 is 0.714 bits per heavy atom. The molecular formula is C15H12N4S2. The second kappa shape index (κ2) is 5.31. The molecule has 0 aliphatic carbocycles. The van der Waals surface area contributed by atoms with Crippen LogP contribution in [0.4, 0.5) is 10.3 Å². The lowest BCUT2D eigenvalue weighted by Gasteiger charge is -2.02. The average molecular weight is 312 g/mol. The molecule has 0 aliphatic heterocycles. The van der Waals surface area contributed by atoms with Crippen molar-refractivity contribution < 1.29 is 0 Å². The van der Waals surface area contributed by atoms with E-state index in [1.807, 2.05) is 36.4 Å². The molecule has 0 saturated carbocycles. The number of anilines is 2. The number of thiazole rings is 2. The van der Waals surface area contributed by atoms with E-state index in [1.54, 1.807) is 22.7 Å². The molecular weight excluding hydrogens is 300 g/mol. The lowest BCUT2D eigenvalue weighted by molar-refractivity contribution is 1.19. The monoisotopic (exact) mass is 312 g/mol. The van der Waals surface area contributed by atoms with Crippen molar-refractivity contribution >= 4 is 53.4 Å².